The molecule has 0 aromatic heterocycles. The molecule has 5 atom stereocenters. The van der Waals surface area contributed by atoms with Crippen molar-refractivity contribution in [2.75, 3.05) is 39.6 Å². The van der Waals surface area contributed by atoms with Gasteiger partial charge in [-0.15, -0.1) is 0 Å². The molecule has 0 aliphatic carbocycles. The van der Waals surface area contributed by atoms with Gasteiger partial charge in [0.15, 0.2) is 12.2 Å². The summed E-state index contributed by atoms with van der Waals surface area (Å²) in [7, 11) is -9.90. The van der Waals surface area contributed by atoms with Crippen LogP contribution in [0.4, 0.5) is 0 Å². The average molecular weight is 1340 g/mol. The van der Waals surface area contributed by atoms with Gasteiger partial charge >= 0.3 is 39.5 Å². The average Bonchev–Trinajstić information content (AvgIpc) is 3.73. The third-order valence-electron chi connectivity index (χ3n) is 16.7. The molecule has 0 amide bonds. The standard InChI is InChI=1S/C72H140O17P2/c1-7-9-11-13-15-17-18-19-27-32-38-44-50-56-71(76)88-67(60-82-69(74)54-48-42-36-16-14-12-10-8-2)62-86-90(78,79)84-58-66(73)59-85-91(80,81)87-63-68(89-72(77)57-51-45-39-33-28-23-21-25-30-35-41-47-53-65(5)6)61-83-70(75)55-49-43-37-31-26-22-20-24-29-34-40-46-52-64(3)4/h64-68,73H,7-63H2,1-6H3,(H,78,79)(H,80,81)/t66-,67+,68+/m0/s1. The first-order valence-electron chi connectivity index (χ1n) is 37.5. The monoisotopic (exact) mass is 1340 g/mol. The van der Waals surface area contributed by atoms with Gasteiger partial charge in [0.05, 0.1) is 26.4 Å². The van der Waals surface area contributed by atoms with Crippen LogP contribution in [0.5, 0.6) is 0 Å². The predicted molar refractivity (Wildman–Crippen MR) is 368 cm³/mol. The van der Waals surface area contributed by atoms with Gasteiger partial charge in [0.2, 0.25) is 0 Å². The Morgan fingerprint density at radius 2 is 0.505 bits per heavy atom. The number of phosphoric acid groups is 2. The molecule has 0 aromatic carbocycles. The number of aliphatic hydroxyl groups excluding tert-OH is 1. The molecular formula is C72H140O17P2. The summed E-state index contributed by atoms with van der Waals surface area (Å²) in [6, 6.07) is 0. The summed E-state index contributed by atoms with van der Waals surface area (Å²) < 4.78 is 68.3. The fraction of sp³-hybridized carbons (Fsp3) is 0.944. The van der Waals surface area contributed by atoms with Crippen LogP contribution >= 0.6 is 15.6 Å². The summed E-state index contributed by atoms with van der Waals surface area (Å²) in [6.07, 6.45) is 49.9. The molecule has 3 N–H and O–H groups in total. The smallest absolute Gasteiger partial charge is 0.462 e. The topological polar surface area (TPSA) is 237 Å². The SMILES string of the molecule is CCCCCCCCCCCCCCCC(=O)O[C@H](COC(=O)CCCCCCCCCC)COP(=O)(O)OC[C@H](O)COP(=O)(O)OC[C@@H](COC(=O)CCCCCCCCCCCCCCC(C)C)OC(=O)CCCCCCCCCCCCCCC(C)C. The highest BCUT2D eigenvalue weighted by molar-refractivity contribution is 7.47. The van der Waals surface area contributed by atoms with Gasteiger partial charge in [-0.2, -0.15) is 0 Å². The second-order valence-corrected chi connectivity index (χ2v) is 29.8. The van der Waals surface area contributed by atoms with E-state index in [1.54, 1.807) is 0 Å². The molecule has 0 heterocycles. The predicted octanol–water partition coefficient (Wildman–Crippen LogP) is 20.8. The number of ether oxygens (including phenoxy) is 4. The third-order valence-corrected chi connectivity index (χ3v) is 18.6. The molecule has 0 aliphatic rings. The van der Waals surface area contributed by atoms with Gasteiger partial charge in [-0.3, -0.25) is 37.3 Å². The van der Waals surface area contributed by atoms with Crippen LogP contribution in [0.15, 0.2) is 0 Å². The number of phosphoric ester groups is 2. The van der Waals surface area contributed by atoms with Gasteiger partial charge in [-0.05, 0) is 37.5 Å². The highest BCUT2D eigenvalue weighted by Crippen LogP contribution is 2.45. The Balaban J connectivity index is 5.23. The maximum Gasteiger partial charge on any atom is 0.472 e. The van der Waals surface area contributed by atoms with Crippen molar-refractivity contribution in [2.45, 2.75) is 387 Å². The Hall–Kier alpha value is -1.94. The van der Waals surface area contributed by atoms with Crippen molar-refractivity contribution < 1.29 is 80.2 Å². The molecule has 0 bridgehead atoms. The summed E-state index contributed by atoms with van der Waals surface area (Å²) in [6.45, 7) is 9.57. The van der Waals surface area contributed by atoms with Crippen LogP contribution in [0.3, 0.4) is 0 Å². The van der Waals surface area contributed by atoms with Gasteiger partial charge in [0, 0.05) is 25.7 Å². The Labute approximate surface area is 556 Å². The first-order chi connectivity index (χ1) is 43.9. The summed E-state index contributed by atoms with van der Waals surface area (Å²) >= 11 is 0. The largest absolute Gasteiger partial charge is 0.472 e. The third kappa shape index (κ3) is 66.5. The highest BCUT2D eigenvalue weighted by Gasteiger charge is 2.30. The molecule has 0 aliphatic heterocycles. The van der Waals surface area contributed by atoms with Crippen molar-refractivity contribution in [2.24, 2.45) is 11.8 Å². The number of esters is 4. The lowest BCUT2D eigenvalue weighted by atomic mass is 10.0. The van der Waals surface area contributed by atoms with Gasteiger partial charge in [-0.1, -0.05) is 318 Å². The first-order valence-corrected chi connectivity index (χ1v) is 40.5. The van der Waals surface area contributed by atoms with Crippen LogP contribution in [0.25, 0.3) is 0 Å². The molecule has 17 nitrogen and oxygen atoms in total. The lowest BCUT2D eigenvalue weighted by molar-refractivity contribution is -0.161. The molecule has 19 heteroatoms. The van der Waals surface area contributed by atoms with Crippen molar-refractivity contribution >= 4 is 39.5 Å². The van der Waals surface area contributed by atoms with E-state index < -0.39 is 97.5 Å². The van der Waals surface area contributed by atoms with E-state index in [2.05, 4.69) is 41.5 Å². The van der Waals surface area contributed by atoms with Crippen LogP contribution in [-0.4, -0.2) is 96.7 Å². The molecule has 0 aromatic rings. The number of carbonyl (C=O) groups is 4. The van der Waals surface area contributed by atoms with Crippen LogP contribution in [-0.2, 0) is 65.4 Å². The van der Waals surface area contributed by atoms with E-state index in [1.807, 2.05) is 0 Å². The van der Waals surface area contributed by atoms with Crippen LogP contribution < -0.4 is 0 Å². The van der Waals surface area contributed by atoms with E-state index in [9.17, 15) is 43.2 Å². The van der Waals surface area contributed by atoms with E-state index in [-0.39, 0.29) is 25.7 Å². The molecule has 540 valence electrons. The van der Waals surface area contributed by atoms with Crippen molar-refractivity contribution in [3.05, 3.63) is 0 Å². The quantitative estimate of drug-likeness (QED) is 0.0222. The zero-order valence-electron chi connectivity index (χ0n) is 59.1. The number of hydrogen-bond donors (Lipinski definition) is 3. The van der Waals surface area contributed by atoms with E-state index in [0.29, 0.717) is 25.7 Å². The molecule has 0 rings (SSSR count). The number of hydrogen-bond acceptors (Lipinski definition) is 15. The lowest BCUT2D eigenvalue weighted by Crippen LogP contribution is -2.30. The molecule has 0 radical (unpaired) electrons. The van der Waals surface area contributed by atoms with Crippen LogP contribution in [0.1, 0.15) is 369 Å². The van der Waals surface area contributed by atoms with Gasteiger partial charge in [0.25, 0.3) is 0 Å². The maximum absolute atomic E-state index is 13.0. The Morgan fingerprint density at radius 3 is 0.747 bits per heavy atom. The molecule has 0 saturated carbocycles. The van der Waals surface area contributed by atoms with Crippen molar-refractivity contribution in [1.82, 2.24) is 0 Å². The zero-order valence-corrected chi connectivity index (χ0v) is 60.9. The minimum Gasteiger partial charge on any atom is -0.462 e. The second kappa shape index (κ2) is 64.1. The van der Waals surface area contributed by atoms with Crippen molar-refractivity contribution in [1.29, 1.82) is 0 Å². The van der Waals surface area contributed by atoms with E-state index in [0.717, 1.165) is 108 Å². The summed E-state index contributed by atoms with van der Waals surface area (Å²) in [5.41, 5.74) is 0. The molecular weight excluding hydrogens is 1200 g/mol. The van der Waals surface area contributed by atoms with Crippen LogP contribution in [0, 0.1) is 11.8 Å². The summed E-state index contributed by atoms with van der Waals surface area (Å²) in [5.74, 6) is -0.563. The molecule has 0 saturated heterocycles. The van der Waals surface area contributed by atoms with Gasteiger partial charge in [-0.25, -0.2) is 9.13 Å². The molecule has 91 heavy (non-hydrogen) atoms. The second-order valence-electron chi connectivity index (χ2n) is 26.9. The number of aliphatic hydroxyl groups is 1. The molecule has 0 fully saturated rings. The fourth-order valence-electron chi connectivity index (χ4n) is 10.9. The molecule has 2 unspecified atom stereocenters. The maximum atomic E-state index is 13.0. The first kappa shape index (κ1) is 89.1. The lowest BCUT2D eigenvalue weighted by Gasteiger charge is -2.21. The Kier molecular flexibility index (Phi) is 62.7. The minimum atomic E-state index is -4.95. The van der Waals surface area contributed by atoms with Gasteiger partial charge in [0.1, 0.15) is 19.3 Å². The number of rotatable bonds is 71. The van der Waals surface area contributed by atoms with E-state index in [4.69, 9.17) is 37.0 Å². The van der Waals surface area contributed by atoms with E-state index in [1.165, 1.54) is 180 Å². The summed E-state index contributed by atoms with van der Waals surface area (Å²) in [5, 5.41) is 10.6. The normalized spacial score (nSPS) is 14.1. The Bertz CT molecular complexity index is 1770. The van der Waals surface area contributed by atoms with Crippen molar-refractivity contribution in [3.63, 3.8) is 0 Å². The number of carbonyl (C=O) groups excluding carboxylic acids is 4. The van der Waals surface area contributed by atoms with Crippen LogP contribution in [0.2, 0.25) is 0 Å². The fourth-order valence-corrected chi connectivity index (χ4v) is 12.5. The Morgan fingerprint density at radius 1 is 0.297 bits per heavy atom. The van der Waals surface area contributed by atoms with Gasteiger partial charge < -0.3 is 33.8 Å². The highest BCUT2D eigenvalue weighted by atomic mass is 31.2. The summed E-state index contributed by atoms with van der Waals surface area (Å²) in [4.78, 5) is 72.6. The molecule has 0 spiro atoms. The number of unbranched alkanes of at least 4 members (excludes halogenated alkanes) is 41. The van der Waals surface area contributed by atoms with Crippen molar-refractivity contribution in [3.8, 4) is 0 Å². The zero-order chi connectivity index (χ0) is 67.2. The van der Waals surface area contributed by atoms with E-state index >= 15 is 0 Å². The minimum absolute atomic E-state index is 0.107.